The Hall–Kier alpha value is -2.68. The molecular formula is C22H32N6O3. The number of hydrogen-bond donors (Lipinski definition) is 1. The largest absolute Gasteiger partial charge is 0.383 e. The molecule has 9 nitrogen and oxygen atoms in total. The van der Waals surface area contributed by atoms with Crippen LogP contribution in [0.25, 0.3) is 5.69 Å². The van der Waals surface area contributed by atoms with Gasteiger partial charge in [-0.3, -0.25) is 14.3 Å². The maximum atomic E-state index is 13.2. The number of methoxy groups -OCH3 is 1. The van der Waals surface area contributed by atoms with Crippen molar-refractivity contribution in [2.24, 2.45) is 12.5 Å². The fraction of sp³-hybridized carbons (Fsp3) is 0.636. The van der Waals surface area contributed by atoms with E-state index in [9.17, 15) is 9.59 Å². The summed E-state index contributed by atoms with van der Waals surface area (Å²) < 4.78 is 8.00. The number of hydrogen-bond acceptors (Lipinski definition) is 6. The lowest BCUT2D eigenvalue weighted by atomic mass is 9.77. The van der Waals surface area contributed by atoms with E-state index < -0.39 is 11.5 Å². The normalized spacial score (nSPS) is 19.0. The highest BCUT2D eigenvalue weighted by atomic mass is 16.5. The van der Waals surface area contributed by atoms with Gasteiger partial charge in [-0.05, 0) is 38.0 Å². The van der Waals surface area contributed by atoms with E-state index in [2.05, 4.69) is 20.4 Å². The Morgan fingerprint density at radius 1 is 1.26 bits per heavy atom. The molecule has 1 N–H and O–H groups in total. The predicted molar refractivity (Wildman–Crippen MR) is 118 cm³/mol. The number of piperidine rings is 1. The molecule has 3 heterocycles. The number of nitrogens with zero attached hydrogens (tertiary/aromatic N) is 5. The van der Waals surface area contributed by atoms with Crippen molar-refractivity contribution >= 4 is 11.7 Å². The van der Waals surface area contributed by atoms with Crippen molar-refractivity contribution in [2.45, 2.75) is 51.5 Å². The molecule has 1 spiro atoms. The van der Waals surface area contributed by atoms with Crippen LogP contribution in [-0.4, -0.2) is 58.3 Å². The first-order valence-electron chi connectivity index (χ1n) is 11.1. The van der Waals surface area contributed by atoms with E-state index in [1.165, 1.54) is 30.4 Å². The second kappa shape index (κ2) is 8.82. The minimum absolute atomic E-state index is 0.0814. The van der Waals surface area contributed by atoms with Gasteiger partial charge in [0, 0.05) is 39.4 Å². The van der Waals surface area contributed by atoms with E-state index in [0.717, 1.165) is 25.9 Å². The first kappa shape index (κ1) is 21.5. The first-order valence-corrected chi connectivity index (χ1v) is 11.1. The molecule has 168 valence electrons. The van der Waals surface area contributed by atoms with Crippen molar-refractivity contribution in [1.29, 1.82) is 0 Å². The molecule has 0 radical (unpaired) electrons. The lowest BCUT2D eigenvalue weighted by Crippen LogP contribution is -2.42. The minimum Gasteiger partial charge on any atom is -0.383 e. The van der Waals surface area contributed by atoms with Crippen LogP contribution in [0.1, 0.15) is 55.8 Å². The second-order valence-electron chi connectivity index (χ2n) is 9.03. The first-order chi connectivity index (χ1) is 14.9. The standard InChI is InChI=1S/C22H32N6O3/c1-16(15-31-3)24-20(29)18-12-19(25-28(21(18)30)17-13-23-26(2)14-17)27-10-8-22(9-11-27)6-4-5-7-22/h12-14,16H,4-11,15H2,1-3H3,(H,24,29)/t16-/m0/s1. The molecule has 0 unspecified atom stereocenters. The third-order valence-corrected chi connectivity index (χ3v) is 6.69. The maximum Gasteiger partial charge on any atom is 0.284 e. The summed E-state index contributed by atoms with van der Waals surface area (Å²) >= 11 is 0. The predicted octanol–water partition coefficient (Wildman–Crippen LogP) is 1.89. The van der Waals surface area contributed by atoms with Gasteiger partial charge in [0.05, 0.1) is 19.0 Å². The third-order valence-electron chi connectivity index (χ3n) is 6.69. The van der Waals surface area contributed by atoms with E-state index in [4.69, 9.17) is 4.74 Å². The molecular weight excluding hydrogens is 396 g/mol. The third kappa shape index (κ3) is 4.51. The molecule has 2 fully saturated rings. The highest BCUT2D eigenvalue weighted by Crippen LogP contribution is 2.46. The van der Waals surface area contributed by atoms with Gasteiger partial charge in [-0.25, -0.2) is 0 Å². The summed E-state index contributed by atoms with van der Waals surface area (Å²) in [7, 11) is 3.36. The Kier molecular flexibility index (Phi) is 6.13. The molecule has 2 aliphatic rings. The molecule has 2 aromatic heterocycles. The fourth-order valence-electron chi connectivity index (χ4n) is 4.92. The van der Waals surface area contributed by atoms with Crippen molar-refractivity contribution in [2.75, 3.05) is 31.7 Å². The summed E-state index contributed by atoms with van der Waals surface area (Å²) in [6.45, 7) is 3.99. The zero-order chi connectivity index (χ0) is 22.0. The van der Waals surface area contributed by atoms with Gasteiger partial charge in [-0.2, -0.15) is 9.78 Å². The molecule has 9 heteroatoms. The van der Waals surface area contributed by atoms with Gasteiger partial charge >= 0.3 is 0 Å². The number of nitrogens with one attached hydrogen (secondary N) is 1. The Morgan fingerprint density at radius 3 is 2.58 bits per heavy atom. The van der Waals surface area contributed by atoms with Gasteiger partial charge in [0.1, 0.15) is 11.3 Å². The number of rotatable bonds is 6. The molecule has 1 atom stereocenters. The summed E-state index contributed by atoms with van der Waals surface area (Å²) in [5.41, 5.74) is 0.642. The molecule has 0 aromatic carbocycles. The smallest absolute Gasteiger partial charge is 0.284 e. The van der Waals surface area contributed by atoms with Crippen LogP contribution in [0.15, 0.2) is 23.3 Å². The van der Waals surface area contributed by atoms with Crippen molar-refractivity contribution in [1.82, 2.24) is 24.9 Å². The second-order valence-corrected chi connectivity index (χ2v) is 9.03. The number of carbonyl (C=O) groups is 1. The van der Waals surface area contributed by atoms with Crippen LogP contribution in [0.5, 0.6) is 0 Å². The monoisotopic (exact) mass is 428 g/mol. The summed E-state index contributed by atoms with van der Waals surface area (Å²) in [6, 6.07) is 1.43. The minimum atomic E-state index is -0.455. The van der Waals surface area contributed by atoms with Crippen LogP contribution >= 0.6 is 0 Å². The topological polar surface area (TPSA) is 94.3 Å². The Morgan fingerprint density at radius 2 is 1.97 bits per heavy atom. The number of amides is 1. The van der Waals surface area contributed by atoms with Crippen LogP contribution in [0.3, 0.4) is 0 Å². The average Bonchev–Trinajstić information content (AvgIpc) is 3.38. The van der Waals surface area contributed by atoms with Crippen molar-refractivity contribution in [3.8, 4) is 5.69 Å². The number of carbonyl (C=O) groups excluding carboxylic acids is 1. The highest BCUT2D eigenvalue weighted by molar-refractivity contribution is 5.94. The van der Waals surface area contributed by atoms with E-state index in [1.807, 2.05) is 6.92 Å². The zero-order valence-corrected chi connectivity index (χ0v) is 18.6. The van der Waals surface area contributed by atoms with Gasteiger partial charge in [-0.1, -0.05) is 12.8 Å². The SMILES string of the molecule is COC[C@H](C)NC(=O)c1cc(N2CCC3(CCCC3)CC2)nn(-c2cnn(C)c2)c1=O. The number of anilines is 1. The van der Waals surface area contributed by atoms with Crippen molar-refractivity contribution in [3.63, 3.8) is 0 Å². The van der Waals surface area contributed by atoms with Crippen molar-refractivity contribution < 1.29 is 9.53 Å². The maximum absolute atomic E-state index is 13.2. The Balaban J connectivity index is 1.66. The van der Waals surface area contributed by atoms with Crippen LogP contribution < -0.4 is 15.8 Å². The molecule has 0 bridgehead atoms. The summed E-state index contributed by atoms with van der Waals surface area (Å²) in [5, 5.41) is 11.6. The number of aromatic nitrogens is 4. The van der Waals surface area contributed by atoms with Crippen LogP contribution in [0.4, 0.5) is 5.82 Å². The summed E-state index contributed by atoms with van der Waals surface area (Å²) in [4.78, 5) is 28.3. The fourth-order valence-corrected chi connectivity index (χ4v) is 4.92. The van der Waals surface area contributed by atoms with Crippen LogP contribution in [0, 0.1) is 5.41 Å². The molecule has 1 saturated carbocycles. The lowest BCUT2D eigenvalue weighted by Gasteiger charge is -2.40. The number of ether oxygens (including phenoxy) is 1. The quantitative estimate of drug-likeness (QED) is 0.755. The summed E-state index contributed by atoms with van der Waals surface area (Å²) in [5.74, 6) is 0.237. The van der Waals surface area contributed by atoms with E-state index in [0.29, 0.717) is 23.5 Å². The van der Waals surface area contributed by atoms with Crippen LogP contribution in [0.2, 0.25) is 0 Å². The van der Waals surface area contributed by atoms with Gasteiger partial charge in [0.25, 0.3) is 11.5 Å². The number of aryl methyl sites for hydroxylation is 1. The van der Waals surface area contributed by atoms with E-state index in [1.54, 1.807) is 37.3 Å². The zero-order valence-electron chi connectivity index (χ0n) is 18.6. The summed E-state index contributed by atoms with van der Waals surface area (Å²) in [6.07, 6.45) is 10.8. The Bertz CT molecular complexity index is 981. The van der Waals surface area contributed by atoms with Gasteiger partial charge in [-0.15, -0.1) is 5.10 Å². The highest BCUT2D eigenvalue weighted by Gasteiger charge is 2.37. The molecule has 2 aromatic rings. The molecule has 1 saturated heterocycles. The van der Waals surface area contributed by atoms with Gasteiger partial charge in [0.2, 0.25) is 0 Å². The van der Waals surface area contributed by atoms with Gasteiger partial charge in [0.15, 0.2) is 5.82 Å². The molecule has 4 rings (SSSR count). The molecule has 1 amide bonds. The van der Waals surface area contributed by atoms with E-state index in [-0.39, 0.29) is 11.6 Å². The average molecular weight is 429 g/mol. The molecule has 31 heavy (non-hydrogen) atoms. The lowest BCUT2D eigenvalue weighted by molar-refractivity contribution is 0.0903. The van der Waals surface area contributed by atoms with Crippen molar-refractivity contribution in [3.05, 3.63) is 34.4 Å². The molecule has 1 aliphatic heterocycles. The molecule has 1 aliphatic carbocycles. The van der Waals surface area contributed by atoms with E-state index >= 15 is 0 Å². The Labute approximate surface area is 182 Å². The van der Waals surface area contributed by atoms with Gasteiger partial charge < -0.3 is 15.0 Å². The van der Waals surface area contributed by atoms with Crippen LogP contribution in [-0.2, 0) is 11.8 Å².